The molecule has 2 aromatic carbocycles. The lowest BCUT2D eigenvalue weighted by molar-refractivity contribution is -0.139. The molecule has 0 bridgehead atoms. The normalized spacial score (nSPS) is 12.0. The molecule has 0 saturated heterocycles. The molecule has 0 spiro atoms. The van der Waals surface area contributed by atoms with Gasteiger partial charge in [0.25, 0.3) is 0 Å². The van der Waals surface area contributed by atoms with Gasteiger partial charge in [0.05, 0.1) is 18.6 Å². The highest BCUT2D eigenvalue weighted by Crippen LogP contribution is 2.30. The fourth-order valence-electron chi connectivity index (χ4n) is 3.49. The summed E-state index contributed by atoms with van der Waals surface area (Å²) in [7, 11) is -3.82. The van der Waals surface area contributed by atoms with Crippen molar-refractivity contribution in [1.29, 1.82) is 0 Å². The maximum atomic E-state index is 13.6. The zero-order chi connectivity index (χ0) is 25.3. The van der Waals surface area contributed by atoms with Gasteiger partial charge in [-0.05, 0) is 50.5 Å². The van der Waals surface area contributed by atoms with E-state index in [-0.39, 0.29) is 18.1 Å². The van der Waals surface area contributed by atoms with Crippen molar-refractivity contribution in [3.8, 4) is 5.75 Å². The highest BCUT2D eigenvalue weighted by molar-refractivity contribution is 7.92. The number of carbonyl (C=O) groups is 2. The van der Waals surface area contributed by atoms with Gasteiger partial charge < -0.3 is 15.0 Å². The maximum absolute atomic E-state index is 13.6. The van der Waals surface area contributed by atoms with Crippen molar-refractivity contribution in [3.05, 3.63) is 59.7 Å². The van der Waals surface area contributed by atoms with Gasteiger partial charge in [0.2, 0.25) is 21.8 Å². The smallest absolute Gasteiger partial charge is 0.244 e. The number of ether oxygens (including phenoxy) is 1. The van der Waals surface area contributed by atoms with Gasteiger partial charge in [-0.15, -0.1) is 0 Å². The standard InChI is InChI=1S/C25H35N3O5S/c1-6-16-26-25(30)20(4)27(17-21-13-9-8-12-19(21)3)24(29)18-28(34(5,31)32)22-14-10-11-15-23(22)33-7-2/h8-15,20H,6-7,16-18H2,1-5H3,(H,26,30)/t20-/m0/s1. The van der Waals surface area contributed by atoms with Crippen molar-refractivity contribution in [1.82, 2.24) is 10.2 Å². The Hall–Kier alpha value is -3.07. The minimum absolute atomic E-state index is 0.178. The highest BCUT2D eigenvalue weighted by atomic mass is 32.2. The monoisotopic (exact) mass is 489 g/mol. The Morgan fingerprint density at radius 3 is 2.32 bits per heavy atom. The molecule has 9 heteroatoms. The second-order valence-corrected chi connectivity index (χ2v) is 9.99. The van der Waals surface area contributed by atoms with Gasteiger partial charge in [-0.25, -0.2) is 8.42 Å². The number of para-hydroxylation sites is 2. The molecule has 0 saturated carbocycles. The van der Waals surface area contributed by atoms with E-state index in [0.29, 0.717) is 18.9 Å². The Bertz CT molecular complexity index is 1090. The topological polar surface area (TPSA) is 96.0 Å². The molecule has 2 amide bonds. The molecule has 0 radical (unpaired) electrons. The third-order valence-corrected chi connectivity index (χ3v) is 6.56. The van der Waals surface area contributed by atoms with Crippen LogP contribution in [0.15, 0.2) is 48.5 Å². The molecule has 1 atom stereocenters. The number of sulfonamides is 1. The number of anilines is 1. The SMILES string of the molecule is CCCNC(=O)[C@H](C)N(Cc1ccccc1C)C(=O)CN(c1ccccc1OCC)S(C)(=O)=O. The van der Waals surface area contributed by atoms with E-state index in [0.717, 1.165) is 28.1 Å². The average molecular weight is 490 g/mol. The summed E-state index contributed by atoms with van der Waals surface area (Å²) in [5.74, 6) is -0.411. The lowest BCUT2D eigenvalue weighted by Crippen LogP contribution is -2.51. The van der Waals surface area contributed by atoms with E-state index in [4.69, 9.17) is 4.74 Å². The summed E-state index contributed by atoms with van der Waals surface area (Å²) in [5, 5.41) is 2.82. The van der Waals surface area contributed by atoms with Gasteiger partial charge in [-0.2, -0.15) is 0 Å². The van der Waals surface area contributed by atoms with Gasteiger partial charge in [-0.3, -0.25) is 13.9 Å². The molecule has 8 nitrogen and oxygen atoms in total. The Balaban J connectivity index is 2.43. The number of hydrogen-bond donors (Lipinski definition) is 1. The molecular weight excluding hydrogens is 454 g/mol. The first-order chi connectivity index (χ1) is 16.1. The zero-order valence-corrected chi connectivity index (χ0v) is 21.4. The Labute approximate surface area is 202 Å². The number of nitrogens with one attached hydrogen (secondary N) is 1. The lowest BCUT2D eigenvalue weighted by Gasteiger charge is -2.32. The number of aryl methyl sites for hydroxylation is 1. The van der Waals surface area contributed by atoms with E-state index < -0.39 is 28.5 Å². The third kappa shape index (κ3) is 7.21. The van der Waals surface area contributed by atoms with E-state index in [1.165, 1.54) is 4.90 Å². The van der Waals surface area contributed by atoms with Crippen LogP contribution in [0.25, 0.3) is 0 Å². The molecule has 0 aliphatic carbocycles. The molecule has 0 fully saturated rings. The number of hydrogen-bond acceptors (Lipinski definition) is 5. The summed E-state index contributed by atoms with van der Waals surface area (Å²) in [4.78, 5) is 27.8. The number of amides is 2. The largest absolute Gasteiger partial charge is 0.492 e. The van der Waals surface area contributed by atoms with Crippen LogP contribution in [0.2, 0.25) is 0 Å². The molecule has 34 heavy (non-hydrogen) atoms. The van der Waals surface area contributed by atoms with Crippen molar-refractivity contribution in [3.63, 3.8) is 0 Å². The number of rotatable bonds is 12. The van der Waals surface area contributed by atoms with Crippen LogP contribution in [0.5, 0.6) is 5.75 Å². The van der Waals surface area contributed by atoms with Crippen molar-refractivity contribution < 1.29 is 22.7 Å². The maximum Gasteiger partial charge on any atom is 0.244 e. The van der Waals surface area contributed by atoms with Gasteiger partial charge in [-0.1, -0.05) is 43.3 Å². The van der Waals surface area contributed by atoms with E-state index >= 15 is 0 Å². The molecule has 0 unspecified atom stereocenters. The average Bonchev–Trinajstić information content (AvgIpc) is 2.80. The Morgan fingerprint density at radius 1 is 1.06 bits per heavy atom. The van der Waals surface area contributed by atoms with Crippen LogP contribution in [-0.4, -0.2) is 57.1 Å². The zero-order valence-electron chi connectivity index (χ0n) is 20.6. The van der Waals surface area contributed by atoms with Gasteiger partial charge >= 0.3 is 0 Å². The lowest BCUT2D eigenvalue weighted by atomic mass is 10.1. The third-order valence-electron chi connectivity index (χ3n) is 5.43. The van der Waals surface area contributed by atoms with E-state index in [1.807, 2.05) is 38.1 Å². The summed E-state index contributed by atoms with van der Waals surface area (Å²) in [6, 6.07) is 13.5. The van der Waals surface area contributed by atoms with Crippen LogP contribution in [0.3, 0.4) is 0 Å². The molecular formula is C25H35N3O5S. The van der Waals surface area contributed by atoms with Crippen molar-refractivity contribution in [2.45, 2.75) is 46.7 Å². The summed E-state index contributed by atoms with van der Waals surface area (Å²) >= 11 is 0. The van der Waals surface area contributed by atoms with Gasteiger partial charge in [0.1, 0.15) is 18.3 Å². The van der Waals surface area contributed by atoms with Crippen molar-refractivity contribution in [2.24, 2.45) is 0 Å². The minimum atomic E-state index is -3.82. The molecule has 0 heterocycles. The van der Waals surface area contributed by atoms with E-state index in [9.17, 15) is 18.0 Å². The summed E-state index contributed by atoms with van der Waals surface area (Å²) in [5.41, 5.74) is 2.13. The van der Waals surface area contributed by atoms with Crippen LogP contribution in [0.4, 0.5) is 5.69 Å². The Morgan fingerprint density at radius 2 is 1.71 bits per heavy atom. The van der Waals surface area contributed by atoms with Crippen molar-refractivity contribution >= 4 is 27.5 Å². The predicted molar refractivity (Wildman–Crippen MR) is 134 cm³/mol. The fourth-order valence-corrected chi connectivity index (χ4v) is 4.34. The number of benzene rings is 2. The van der Waals surface area contributed by atoms with Gasteiger partial charge in [0, 0.05) is 13.1 Å². The molecule has 0 aliphatic heterocycles. The molecule has 2 rings (SSSR count). The van der Waals surface area contributed by atoms with Crippen LogP contribution in [0, 0.1) is 6.92 Å². The summed E-state index contributed by atoms with van der Waals surface area (Å²) in [6.07, 6.45) is 1.81. The fraction of sp³-hybridized carbons (Fsp3) is 0.440. The first-order valence-corrected chi connectivity index (χ1v) is 13.3. The van der Waals surface area contributed by atoms with E-state index in [1.54, 1.807) is 38.1 Å². The Kier molecular flexibility index (Phi) is 9.92. The summed E-state index contributed by atoms with van der Waals surface area (Å²) < 4.78 is 32.1. The first-order valence-electron chi connectivity index (χ1n) is 11.4. The minimum Gasteiger partial charge on any atom is -0.492 e. The predicted octanol–water partition coefficient (Wildman–Crippen LogP) is 3.10. The molecule has 2 aromatic rings. The van der Waals surface area contributed by atoms with Crippen LogP contribution < -0.4 is 14.4 Å². The molecule has 1 N–H and O–H groups in total. The van der Waals surface area contributed by atoms with Crippen molar-refractivity contribution in [2.75, 3.05) is 30.3 Å². The molecule has 0 aliphatic rings. The van der Waals surface area contributed by atoms with E-state index in [2.05, 4.69) is 5.32 Å². The molecule has 186 valence electrons. The first kappa shape index (κ1) is 27.2. The van der Waals surface area contributed by atoms with Crippen LogP contribution in [-0.2, 0) is 26.2 Å². The second-order valence-electron chi connectivity index (χ2n) is 8.09. The quantitative estimate of drug-likeness (QED) is 0.494. The number of carbonyl (C=O) groups excluding carboxylic acids is 2. The molecule has 0 aromatic heterocycles. The van der Waals surface area contributed by atoms with Crippen LogP contribution >= 0.6 is 0 Å². The number of nitrogens with zero attached hydrogens (tertiary/aromatic N) is 2. The van der Waals surface area contributed by atoms with Crippen LogP contribution in [0.1, 0.15) is 38.3 Å². The van der Waals surface area contributed by atoms with Gasteiger partial charge in [0.15, 0.2) is 0 Å². The highest BCUT2D eigenvalue weighted by Gasteiger charge is 2.31. The second kappa shape index (κ2) is 12.4. The summed E-state index contributed by atoms with van der Waals surface area (Å²) in [6.45, 7) is 7.88.